The number of likely N-dealkylation sites (N-methyl/N-ethyl adjacent to an activating group) is 1. The van der Waals surface area contributed by atoms with Gasteiger partial charge >= 0.3 is 0 Å². The summed E-state index contributed by atoms with van der Waals surface area (Å²) < 4.78 is 24.4. The van der Waals surface area contributed by atoms with Crippen molar-refractivity contribution in [1.82, 2.24) is 29.6 Å². The lowest BCUT2D eigenvalue weighted by Crippen LogP contribution is -2.44. The first-order valence-corrected chi connectivity index (χ1v) is 10.5. The second kappa shape index (κ2) is 8.47. The number of benzene rings is 1. The van der Waals surface area contributed by atoms with Gasteiger partial charge in [0.1, 0.15) is 11.6 Å². The van der Waals surface area contributed by atoms with Crippen molar-refractivity contribution in [3.8, 4) is 11.1 Å². The number of aromatic nitrogens is 5. The maximum atomic E-state index is 13.0. The maximum Gasteiger partial charge on any atom is 0.170 e. The zero-order chi connectivity index (χ0) is 24.6. The van der Waals surface area contributed by atoms with E-state index in [0.717, 1.165) is 22.0 Å². The highest BCUT2D eigenvalue weighted by Crippen LogP contribution is 2.23. The van der Waals surface area contributed by atoms with E-state index in [9.17, 15) is 4.79 Å². The van der Waals surface area contributed by atoms with Crippen LogP contribution in [0.25, 0.3) is 22.0 Å². The highest BCUT2D eigenvalue weighted by Gasteiger charge is 2.17. The minimum Gasteiger partial charge on any atom is -0.354 e. The molecule has 0 N–H and O–H groups in total. The Balaban J connectivity index is 1.31. The first kappa shape index (κ1) is 17.0. The van der Waals surface area contributed by atoms with Crippen LogP contribution in [0.15, 0.2) is 55.1 Å². The largest absolute Gasteiger partial charge is 0.354 e. The Morgan fingerprint density at radius 2 is 1.94 bits per heavy atom. The number of Topliss-reactive ketones (excluding diaryl/α,β-unsaturated/α-hetero) is 1. The first-order chi connectivity index (χ1) is 16.8. The summed E-state index contributed by atoms with van der Waals surface area (Å²) in [5.41, 5.74) is 3.29. The Morgan fingerprint density at radius 1 is 1.06 bits per heavy atom. The van der Waals surface area contributed by atoms with E-state index in [-0.39, 0.29) is 12.2 Å². The van der Waals surface area contributed by atoms with Gasteiger partial charge in [0.2, 0.25) is 0 Å². The summed E-state index contributed by atoms with van der Waals surface area (Å²) in [5.74, 6) is 1.02. The monoisotopic (exact) mass is 430 g/mol. The van der Waals surface area contributed by atoms with Gasteiger partial charge in [0.05, 0.1) is 18.1 Å². The molecule has 8 heteroatoms. The van der Waals surface area contributed by atoms with E-state index < -0.39 is 6.98 Å². The fourth-order valence-corrected chi connectivity index (χ4v) is 3.84. The molecule has 0 radical (unpaired) electrons. The molecule has 0 bridgehead atoms. The molecule has 0 atom stereocenters. The van der Waals surface area contributed by atoms with Gasteiger partial charge in [-0.25, -0.2) is 15.0 Å². The number of piperazine rings is 1. The van der Waals surface area contributed by atoms with Crippen molar-refractivity contribution in [3.05, 3.63) is 66.5 Å². The standard InChI is InChI=1S/C24H25N7O/c1-29-7-9-31(10-8-29)24-12-18(5-6-25-24)22(32)13-23-26-14-19-4-3-17(11-21(19)28-23)20-15-27-30(2)16-20/h3-6,11-12,14-16H,7-10,13H2,1-2H3/i1D3. The van der Waals surface area contributed by atoms with Crippen LogP contribution in [0.3, 0.4) is 0 Å². The fraction of sp³-hybridized carbons (Fsp3) is 0.292. The average molecular weight is 431 g/mol. The van der Waals surface area contributed by atoms with Gasteiger partial charge in [-0.05, 0) is 30.7 Å². The Kier molecular flexibility index (Phi) is 4.49. The van der Waals surface area contributed by atoms with Gasteiger partial charge in [0.15, 0.2) is 5.78 Å². The lowest BCUT2D eigenvalue weighted by molar-refractivity contribution is 0.0991. The number of anilines is 1. The summed E-state index contributed by atoms with van der Waals surface area (Å²) in [6.07, 6.45) is 7.16. The van der Waals surface area contributed by atoms with Crippen LogP contribution in [-0.4, -0.2) is 68.6 Å². The molecular weight excluding hydrogens is 402 g/mol. The summed E-state index contributed by atoms with van der Waals surface area (Å²) in [5, 5.41) is 5.12. The maximum absolute atomic E-state index is 13.0. The van der Waals surface area contributed by atoms with Crippen molar-refractivity contribution in [3.63, 3.8) is 0 Å². The van der Waals surface area contributed by atoms with Crippen LogP contribution in [0.1, 0.15) is 20.3 Å². The van der Waals surface area contributed by atoms with Crippen LogP contribution in [0.2, 0.25) is 0 Å². The van der Waals surface area contributed by atoms with Crippen molar-refractivity contribution >= 4 is 22.5 Å². The predicted octanol–water partition coefficient (Wildman–Crippen LogP) is 2.60. The molecule has 4 aromatic rings. The third-order valence-electron chi connectivity index (χ3n) is 5.66. The number of nitrogens with zero attached hydrogens (tertiary/aromatic N) is 7. The molecular formula is C24H25N7O. The van der Waals surface area contributed by atoms with E-state index >= 15 is 0 Å². The van der Waals surface area contributed by atoms with Gasteiger partial charge in [-0.1, -0.05) is 12.1 Å². The summed E-state index contributed by atoms with van der Waals surface area (Å²) >= 11 is 0. The molecule has 0 amide bonds. The van der Waals surface area contributed by atoms with Crippen LogP contribution in [0.4, 0.5) is 5.82 Å². The third-order valence-corrected chi connectivity index (χ3v) is 5.66. The predicted molar refractivity (Wildman–Crippen MR) is 124 cm³/mol. The van der Waals surface area contributed by atoms with Gasteiger partial charge in [0, 0.05) is 72.4 Å². The minimum atomic E-state index is -2.09. The molecule has 0 aliphatic carbocycles. The van der Waals surface area contributed by atoms with E-state index in [1.54, 1.807) is 35.4 Å². The summed E-state index contributed by atoms with van der Waals surface area (Å²) in [4.78, 5) is 29.9. The Labute approximate surface area is 190 Å². The second-order valence-electron chi connectivity index (χ2n) is 7.94. The molecule has 1 aromatic carbocycles. The molecule has 0 spiro atoms. The normalized spacial score (nSPS) is 16.5. The number of carbonyl (C=O) groups is 1. The number of hydrogen-bond donors (Lipinski definition) is 0. The minimum absolute atomic E-state index is 0.0728. The van der Waals surface area contributed by atoms with Crippen LogP contribution in [0.5, 0.6) is 0 Å². The molecule has 4 heterocycles. The Morgan fingerprint density at radius 3 is 2.72 bits per heavy atom. The van der Waals surface area contributed by atoms with E-state index in [1.165, 1.54) is 4.90 Å². The highest BCUT2D eigenvalue weighted by molar-refractivity contribution is 5.98. The first-order valence-electron chi connectivity index (χ1n) is 12.0. The zero-order valence-electron chi connectivity index (χ0n) is 20.8. The van der Waals surface area contributed by atoms with Crippen molar-refractivity contribution in [1.29, 1.82) is 0 Å². The number of aryl methyl sites for hydroxylation is 1. The average Bonchev–Trinajstić information content (AvgIpc) is 3.29. The van der Waals surface area contributed by atoms with E-state index in [1.807, 2.05) is 36.3 Å². The van der Waals surface area contributed by atoms with Crippen molar-refractivity contribution in [2.24, 2.45) is 7.05 Å². The molecule has 162 valence electrons. The fourth-order valence-electron chi connectivity index (χ4n) is 3.84. The smallest absolute Gasteiger partial charge is 0.170 e. The Hall–Kier alpha value is -3.65. The quantitative estimate of drug-likeness (QED) is 0.450. The zero-order valence-corrected chi connectivity index (χ0v) is 17.8. The van der Waals surface area contributed by atoms with Crippen LogP contribution >= 0.6 is 0 Å². The lowest BCUT2D eigenvalue weighted by Gasteiger charge is -2.33. The van der Waals surface area contributed by atoms with E-state index in [2.05, 4.69) is 20.1 Å². The molecule has 1 aliphatic rings. The third kappa shape index (κ3) is 4.22. The highest BCUT2D eigenvalue weighted by atomic mass is 16.1. The molecule has 0 saturated carbocycles. The van der Waals surface area contributed by atoms with Gasteiger partial charge in [-0.2, -0.15) is 5.10 Å². The summed E-state index contributed by atoms with van der Waals surface area (Å²) in [6.45, 7) is -0.174. The van der Waals surface area contributed by atoms with Gasteiger partial charge in [0.25, 0.3) is 0 Å². The van der Waals surface area contributed by atoms with Crippen molar-refractivity contribution < 1.29 is 8.91 Å². The van der Waals surface area contributed by atoms with Gasteiger partial charge in [-0.3, -0.25) is 9.48 Å². The number of rotatable bonds is 5. The molecule has 1 aliphatic heterocycles. The van der Waals surface area contributed by atoms with E-state index in [4.69, 9.17) is 4.11 Å². The number of fused-ring (bicyclic) bond motifs is 1. The molecule has 0 unspecified atom stereocenters. The van der Waals surface area contributed by atoms with Crippen LogP contribution in [0, 0.1) is 0 Å². The number of hydrogen-bond acceptors (Lipinski definition) is 7. The van der Waals surface area contributed by atoms with Gasteiger partial charge in [-0.15, -0.1) is 0 Å². The molecule has 1 fully saturated rings. The summed E-state index contributed by atoms with van der Waals surface area (Å²) in [6, 6.07) is 9.39. The van der Waals surface area contributed by atoms with Crippen LogP contribution < -0.4 is 4.90 Å². The topological polar surface area (TPSA) is 80.0 Å². The number of carbonyl (C=O) groups excluding carboxylic acids is 1. The number of pyridine rings is 1. The molecule has 8 nitrogen and oxygen atoms in total. The lowest BCUT2D eigenvalue weighted by atomic mass is 10.1. The van der Waals surface area contributed by atoms with Crippen LogP contribution in [-0.2, 0) is 13.5 Å². The van der Waals surface area contributed by atoms with Crippen molar-refractivity contribution in [2.75, 3.05) is 38.1 Å². The van der Waals surface area contributed by atoms with Gasteiger partial charge < -0.3 is 9.80 Å². The van der Waals surface area contributed by atoms with E-state index in [0.29, 0.717) is 43.4 Å². The summed E-state index contributed by atoms with van der Waals surface area (Å²) in [7, 11) is 1.87. The SMILES string of the molecule is [2H]C([2H])([2H])N1CCN(c2cc(C(=O)Cc3ncc4ccc(-c5cnn(C)c5)cc4n3)ccn2)CC1. The molecule has 1 saturated heterocycles. The Bertz CT molecular complexity index is 1380. The van der Waals surface area contributed by atoms with Crippen molar-refractivity contribution in [2.45, 2.75) is 6.42 Å². The molecule has 3 aromatic heterocycles. The number of ketones is 1. The molecule has 5 rings (SSSR count). The molecule has 32 heavy (non-hydrogen) atoms. The second-order valence-corrected chi connectivity index (χ2v) is 7.94.